The zero-order chi connectivity index (χ0) is 34.0. The summed E-state index contributed by atoms with van der Waals surface area (Å²) in [6.45, 7) is 15.0. The van der Waals surface area contributed by atoms with Crippen molar-refractivity contribution < 1.29 is 14.3 Å². The third kappa shape index (κ3) is 10.5. The molecular weight excluding hydrogens is 604 g/mol. The highest BCUT2D eigenvalue weighted by molar-refractivity contribution is 5.81. The van der Waals surface area contributed by atoms with Gasteiger partial charge in [-0.05, 0) is 76.6 Å². The van der Waals surface area contributed by atoms with Gasteiger partial charge in [0, 0.05) is 113 Å². The van der Waals surface area contributed by atoms with Crippen molar-refractivity contribution in [3.63, 3.8) is 0 Å². The first-order valence-electron chi connectivity index (χ1n) is 18.1. The van der Waals surface area contributed by atoms with Crippen LogP contribution in [-0.2, 0) is 33.6 Å². The third-order valence-corrected chi connectivity index (χ3v) is 10.6. The summed E-state index contributed by atoms with van der Waals surface area (Å²) in [6.07, 6.45) is 10.3. The van der Waals surface area contributed by atoms with Crippen LogP contribution in [0.1, 0.15) is 69.8 Å². The first-order chi connectivity index (χ1) is 23.1. The predicted molar refractivity (Wildman–Crippen MR) is 188 cm³/mol. The quantitative estimate of drug-likeness (QED) is 0.279. The third-order valence-electron chi connectivity index (χ3n) is 10.6. The second kappa shape index (κ2) is 17.1. The highest BCUT2D eigenvalue weighted by Gasteiger charge is 2.38. The maximum absolute atomic E-state index is 13.2. The Balaban J connectivity index is 1.14. The normalized spacial score (nSPS) is 21.1. The number of carbonyl (C=O) groups is 2. The van der Waals surface area contributed by atoms with E-state index in [1.165, 1.54) is 5.56 Å². The van der Waals surface area contributed by atoms with Gasteiger partial charge in [0.25, 0.3) is 0 Å². The lowest BCUT2D eigenvalue weighted by atomic mass is 9.82. The maximum atomic E-state index is 13.2. The van der Waals surface area contributed by atoms with Gasteiger partial charge in [0.05, 0.1) is 19.3 Å². The van der Waals surface area contributed by atoms with Gasteiger partial charge in [-0.1, -0.05) is 12.1 Å². The summed E-state index contributed by atoms with van der Waals surface area (Å²) < 4.78 is 5.46. The van der Waals surface area contributed by atoms with Crippen LogP contribution in [-0.4, -0.2) is 125 Å². The van der Waals surface area contributed by atoms with Crippen LogP contribution in [0.3, 0.4) is 0 Å². The Morgan fingerprint density at radius 2 is 1.48 bits per heavy atom. The van der Waals surface area contributed by atoms with E-state index in [1.54, 1.807) is 6.92 Å². The highest BCUT2D eigenvalue weighted by atomic mass is 16.5. The highest BCUT2D eigenvalue weighted by Crippen LogP contribution is 2.29. The molecule has 11 heteroatoms. The molecule has 48 heavy (non-hydrogen) atoms. The molecule has 0 aromatic carbocycles. The van der Waals surface area contributed by atoms with Crippen LogP contribution in [0.2, 0.25) is 0 Å². The Labute approximate surface area is 287 Å². The number of piperidine rings is 2. The number of aromatic nitrogens is 2. The van der Waals surface area contributed by atoms with Gasteiger partial charge in [-0.3, -0.25) is 24.5 Å². The van der Waals surface area contributed by atoms with Gasteiger partial charge in [-0.2, -0.15) is 0 Å². The Kier molecular flexibility index (Phi) is 13.0. The zero-order valence-electron chi connectivity index (χ0n) is 29.5. The molecule has 3 fully saturated rings. The van der Waals surface area contributed by atoms with E-state index in [2.05, 4.69) is 56.3 Å². The van der Waals surface area contributed by atoms with Crippen molar-refractivity contribution in [1.82, 2.24) is 35.3 Å². The van der Waals surface area contributed by atoms with Gasteiger partial charge in [0.2, 0.25) is 11.8 Å². The molecule has 2 aromatic heterocycles. The number of hydrogen-bond acceptors (Lipinski definition) is 9. The summed E-state index contributed by atoms with van der Waals surface area (Å²) in [6, 6.07) is 10.3. The molecule has 2 amide bonds. The van der Waals surface area contributed by atoms with Gasteiger partial charge in [-0.25, -0.2) is 0 Å². The number of amides is 2. The number of rotatable bonds is 14. The minimum absolute atomic E-state index is 0.106. The van der Waals surface area contributed by atoms with Gasteiger partial charge in [0.15, 0.2) is 0 Å². The number of nitrogens with one attached hydrogen (secondary N) is 2. The fourth-order valence-electron chi connectivity index (χ4n) is 7.37. The number of nitrogens with zero attached hydrogens (tertiary/aromatic N) is 5. The van der Waals surface area contributed by atoms with Crippen LogP contribution >= 0.6 is 0 Å². The van der Waals surface area contributed by atoms with E-state index in [4.69, 9.17) is 15.5 Å². The number of hydrogen-bond donors (Lipinski definition) is 3. The number of carbonyl (C=O) groups excluding carboxylic acids is 2. The molecule has 0 aliphatic carbocycles. The lowest BCUT2D eigenvalue weighted by Crippen LogP contribution is -2.59. The van der Waals surface area contributed by atoms with Crippen LogP contribution < -0.4 is 16.4 Å². The summed E-state index contributed by atoms with van der Waals surface area (Å²) >= 11 is 0. The van der Waals surface area contributed by atoms with Crippen molar-refractivity contribution in [1.29, 1.82) is 0 Å². The Morgan fingerprint density at radius 1 is 0.833 bits per heavy atom. The topological polar surface area (TPSA) is 129 Å². The van der Waals surface area contributed by atoms with Gasteiger partial charge in [-0.15, -0.1) is 0 Å². The molecule has 0 bridgehead atoms. The summed E-state index contributed by atoms with van der Waals surface area (Å²) in [5.41, 5.74) is 8.55. The predicted octanol–water partition coefficient (Wildman–Crippen LogP) is 2.18. The molecular formula is C37H58N8O3. The fourth-order valence-corrected chi connectivity index (χ4v) is 7.37. The smallest absolute Gasteiger partial charge is 0.237 e. The van der Waals surface area contributed by atoms with Crippen LogP contribution in [0.5, 0.6) is 0 Å². The molecule has 2 aromatic rings. The Bertz CT molecular complexity index is 1280. The first-order valence-corrected chi connectivity index (χ1v) is 18.1. The van der Waals surface area contributed by atoms with Crippen molar-refractivity contribution in [2.75, 3.05) is 65.6 Å². The second-order valence-corrected chi connectivity index (χ2v) is 14.6. The minimum Gasteiger partial charge on any atom is -0.379 e. The van der Waals surface area contributed by atoms with Gasteiger partial charge in [0.1, 0.15) is 0 Å². The summed E-state index contributed by atoms with van der Waals surface area (Å²) in [5, 5.41) is 6.78. The first kappa shape index (κ1) is 36.3. The minimum atomic E-state index is -0.543. The van der Waals surface area contributed by atoms with E-state index < -0.39 is 6.04 Å². The van der Waals surface area contributed by atoms with Gasteiger partial charge < -0.3 is 30.9 Å². The average Bonchev–Trinajstić information content (AvgIpc) is 3.09. The number of nitrogens with two attached hydrogens (primary N) is 1. The van der Waals surface area contributed by atoms with E-state index in [0.29, 0.717) is 18.9 Å². The summed E-state index contributed by atoms with van der Waals surface area (Å²) in [5.74, 6) is 0.0316. The molecule has 3 aliphatic heterocycles. The van der Waals surface area contributed by atoms with E-state index in [0.717, 1.165) is 115 Å². The maximum Gasteiger partial charge on any atom is 0.237 e. The molecule has 0 radical (unpaired) electrons. The lowest BCUT2D eigenvalue weighted by Gasteiger charge is -2.44. The van der Waals surface area contributed by atoms with Crippen LogP contribution in [0, 0.1) is 0 Å². The van der Waals surface area contributed by atoms with Crippen LogP contribution in [0.15, 0.2) is 42.7 Å². The van der Waals surface area contributed by atoms with Crippen LogP contribution in [0.4, 0.5) is 0 Å². The molecule has 4 N–H and O–H groups in total. The molecule has 11 nitrogen and oxygen atoms in total. The van der Waals surface area contributed by atoms with Gasteiger partial charge >= 0.3 is 0 Å². The average molecular weight is 663 g/mol. The van der Waals surface area contributed by atoms with Crippen LogP contribution in [0.25, 0.3) is 0 Å². The monoisotopic (exact) mass is 662 g/mol. The Hall–Kier alpha value is -2.96. The Morgan fingerprint density at radius 3 is 2.08 bits per heavy atom. The molecule has 264 valence electrons. The fraction of sp³-hybridized carbons (Fsp3) is 0.676. The van der Waals surface area contributed by atoms with Crippen molar-refractivity contribution in [3.8, 4) is 0 Å². The van der Waals surface area contributed by atoms with E-state index in [-0.39, 0.29) is 22.9 Å². The summed E-state index contributed by atoms with van der Waals surface area (Å²) in [7, 11) is 0. The largest absolute Gasteiger partial charge is 0.379 e. The summed E-state index contributed by atoms with van der Waals surface area (Å²) in [4.78, 5) is 42.6. The molecule has 0 saturated carbocycles. The molecule has 3 aliphatic rings. The molecule has 1 atom stereocenters. The van der Waals surface area contributed by atoms with Crippen molar-refractivity contribution >= 4 is 11.8 Å². The zero-order valence-corrected chi connectivity index (χ0v) is 29.5. The van der Waals surface area contributed by atoms with Crippen molar-refractivity contribution in [2.45, 2.75) is 95.3 Å². The standard InChI is InChI=1S/C37H58N8O3/c1-29(2)45-20-13-36(14-21-45,41-34(46)10-17-44-22-24-48-25-23-44)27-33-8-7-31(28-40-33)9-16-43-18-11-37(12-19-43,42-35(47)30(3)38)26-32-6-4-5-15-39-32/h4-8,15,28-30H,9-14,16-27,38H2,1-3H3,(H,41,46)(H,42,47). The number of morpholine rings is 1. The molecule has 5 rings (SSSR count). The van der Waals surface area contributed by atoms with E-state index >= 15 is 0 Å². The van der Waals surface area contributed by atoms with E-state index in [9.17, 15) is 9.59 Å². The van der Waals surface area contributed by atoms with Crippen molar-refractivity contribution in [3.05, 3.63) is 59.7 Å². The molecule has 3 saturated heterocycles. The van der Waals surface area contributed by atoms with Crippen molar-refractivity contribution in [2.24, 2.45) is 5.73 Å². The molecule has 0 spiro atoms. The number of ether oxygens (including phenoxy) is 1. The molecule has 5 heterocycles. The SMILES string of the molecule is CC(N)C(=O)NC1(Cc2ccccn2)CCN(CCc2ccc(CC3(NC(=O)CCN4CCOCC4)CCN(C(C)C)CC3)nc2)CC1. The number of pyridine rings is 2. The number of likely N-dealkylation sites (tertiary alicyclic amines) is 2. The lowest BCUT2D eigenvalue weighted by molar-refractivity contribution is -0.125. The molecule has 1 unspecified atom stereocenters. The van der Waals surface area contributed by atoms with E-state index in [1.807, 2.05) is 30.6 Å². The second-order valence-electron chi connectivity index (χ2n) is 14.6.